The molecular formula is C18H35Cl2N3O2. The molecule has 2 N–H and O–H groups in total. The summed E-state index contributed by atoms with van der Waals surface area (Å²) >= 11 is 0. The lowest BCUT2D eigenvalue weighted by Crippen LogP contribution is -2.41. The highest BCUT2D eigenvalue weighted by Crippen LogP contribution is 2.39. The minimum absolute atomic E-state index is 0. The summed E-state index contributed by atoms with van der Waals surface area (Å²) in [6.07, 6.45) is 7.89. The van der Waals surface area contributed by atoms with E-state index in [1.54, 1.807) is 0 Å². The smallest absolute Gasteiger partial charge is 0.223 e. The average Bonchev–Trinajstić information content (AvgIpc) is 3.05. The van der Waals surface area contributed by atoms with Gasteiger partial charge in [-0.25, -0.2) is 0 Å². The van der Waals surface area contributed by atoms with Crippen molar-refractivity contribution in [1.29, 1.82) is 0 Å². The van der Waals surface area contributed by atoms with Gasteiger partial charge in [-0.3, -0.25) is 9.69 Å². The SMILES string of the molecule is Cl.Cl.NCC1(CC(=O)N2CCC(CN3CCOCC3)C2)CCCCC1. The van der Waals surface area contributed by atoms with E-state index < -0.39 is 0 Å². The van der Waals surface area contributed by atoms with Gasteiger partial charge in [-0.05, 0) is 37.1 Å². The maximum Gasteiger partial charge on any atom is 0.223 e. The van der Waals surface area contributed by atoms with E-state index in [9.17, 15) is 4.79 Å². The van der Waals surface area contributed by atoms with Gasteiger partial charge >= 0.3 is 0 Å². The number of hydrogen-bond donors (Lipinski definition) is 1. The molecule has 0 spiro atoms. The van der Waals surface area contributed by atoms with Crippen LogP contribution >= 0.6 is 24.8 Å². The normalized spacial score (nSPS) is 26.6. The highest BCUT2D eigenvalue weighted by Gasteiger charge is 2.36. The molecule has 5 nitrogen and oxygen atoms in total. The van der Waals surface area contributed by atoms with E-state index in [-0.39, 0.29) is 30.2 Å². The van der Waals surface area contributed by atoms with Gasteiger partial charge in [0.15, 0.2) is 0 Å². The fourth-order valence-corrected chi connectivity index (χ4v) is 4.54. The summed E-state index contributed by atoms with van der Waals surface area (Å²) in [7, 11) is 0. The highest BCUT2D eigenvalue weighted by molar-refractivity contribution is 5.85. The molecule has 2 aliphatic heterocycles. The third-order valence-corrected chi connectivity index (χ3v) is 6.13. The summed E-state index contributed by atoms with van der Waals surface area (Å²) in [5, 5.41) is 0. The van der Waals surface area contributed by atoms with E-state index >= 15 is 0 Å². The number of nitrogens with zero attached hydrogens (tertiary/aromatic N) is 2. The molecule has 1 atom stereocenters. The predicted molar refractivity (Wildman–Crippen MR) is 106 cm³/mol. The quantitative estimate of drug-likeness (QED) is 0.775. The van der Waals surface area contributed by atoms with Crippen molar-refractivity contribution < 1.29 is 9.53 Å². The molecule has 1 amide bonds. The third-order valence-electron chi connectivity index (χ3n) is 6.13. The number of likely N-dealkylation sites (tertiary alicyclic amines) is 1. The number of carbonyl (C=O) groups is 1. The first-order chi connectivity index (χ1) is 11.2. The predicted octanol–water partition coefficient (Wildman–Crippen LogP) is 2.31. The van der Waals surface area contributed by atoms with E-state index in [2.05, 4.69) is 9.80 Å². The minimum atomic E-state index is 0. The van der Waals surface area contributed by atoms with Crippen molar-refractivity contribution >= 4 is 30.7 Å². The second-order valence-electron chi connectivity index (χ2n) is 7.85. The molecule has 0 aromatic heterocycles. The summed E-state index contributed by atoms with van der Waals surface area (Å²) in [5.41, 5.74) is 6.14. The van der Waals surface area contributed by atoms with Crippen LogP contribution < -0.4 is 5.73 Å². The standard InChI is InChI=1S/C18H33N3O2.2ClH/c19-15-18(5-2-1-3-6-18)12-17(22)21-7-4-16(14-21)13-20-8-10-23-11-9-20;;/h16H,1-15,19H2;2*1H. The van der Waals surface area contributed by atoms with Crippen molar-refractivity contribution in [3.05, 3.63) is 0 Å². The minimum Gasteiger partial charge on any atom is -0.379 e. The van der Waals surface area contributed by atoms with Crippen LogP contribution in [0.15, 0.2) is 0 Å². The van der Waals surface area contributed by atoms with Gasteiger partial charge in [0, 0.05) is 39.1 Å². The first-order valence-corrected chi connectivity index (χ1v) is 9.49. The van der Waals surface area contributed by atoms with Crippen LogP contribution in [-0.2, 0) is 9.53 Å². The van der Waals surface area contributed by atoms with Crippen LogP contribution in [0.25, 0.3) is 0 Å². The van der Waals surface area contributed by atoms with Crippen molar-refractivity contribution in [3.8, 4) is 0 Å². The number of amides is 1. The summed E-state index contributed by atoms with van der Waals surface area (Å²) in [6, 6.07) is 0. The Morgan fingerprint density at radius 1 is 1.08 bits per heavy atom. The number of ether oxygens (including phenoxy) is 1. The van der Waals surface area contributed by atoms with Crippen molar-refractivity contribution in [2.75, 3.05) is 52.5 Å². The maximum atomic E-state index is 12.8. The topological polar surface area (TPSA) is 58.8 Å². The Kier molecular flexibility index (Phi) is 10.0. The fourth-order valence-electron chi connectivity index (χ4n) is 4.54. The maximum absolute atomic E-state index is 12.8. The molecule has 25 heavy (non-hydrogen) atoms. The molecule has 3 rings (SSSR count). The molecule has 0 radical (unpaired) electrons. The zero-order chi connectivity index (χ0) is 16.1. The largest absolute Gasteiger partial charge is 0.379 e. The summed E-state index contributed by atoms with van der Waals surface area (Å²) in [6.45, 7) is 7.47. The van der Waals surface area contributed by atoms with Crippen LogP contribution in [-0.4, -0.2) is 68.2 Å². The lowest BCUT2D eigenvalue weighted by Gasteiger charge is -2.36. The van der Waals surface area contributed by atoms with Gasteiger partial charge in [-0.2, -0.15) is 0 Å². The molecule has 0 aromatic rings. The van der Waals surface area contributed by atoms with Gasteiger partial charge in [0.25, 0.3) is 0 Å². The van der Waals surface area contributed by atoms with Crippen molar-refractivity contribution in [2.45, 2.75) is 44.9 Å². The second kappa shape index (κ2) is 10.9. The van der Waals surface area contributed by atoms with Crippen LogP contribution in [0.1, 0.15) is 44.9 Å². The van der Waals surface area contributed by atoms with Crippen molar-refractivity contribution in [3.63, 3.8) is 0 Å². The average molecular weight is 396 g/mol. The first kappa shape index (κ1) is 23.0. The summed E-state index contributed by atoms with van der Waals surface area (Å²) in [5.74, 6) is 0.985. The zero-order valence-corrected chi connectivity index (χ0v) is 16.9. The van der Waals surface area contributed by atoms with E-state index in [1.165, 1.54) is 19.3 Å². The van der Waals surface area contributed by atoms with Crippen LogP contribution in [0.5, 0.6) is 0 Å². The van der Waals surface area contributed by atoms with Gasteiger partial charge in [0.1, 0.15) is 0 Å². The molecule has 7 heteroatoms. The molecule has 0 bridgehead atoms. The molecule has 2 heterocycles. The number of nitrogens with two attached hydrogens (primary N) is 1. The molecular weight excluding hydrogens is 361 g/mol. The number of carbonyl (C=O) groups excluding carboxylic acids is 1. The highest BCUT2D eigenvalue weighted by atomic mass is 35.5. The summed E-state index contributed by atoms with van der Waals surface area (Å²) in [4.78, 5) is 17.4. The van der Waals surface area contributed by atoms with Crippen LogP contribution in [0, 0.1) is 11.3 Å². The van der Waals surface area contributed by atoms with Crippen molar-refractivity contribution in [2.24, 2.45) is 17.1 Å². The van der Waals surface area contributed by atoms with E-state index in [0.717, 1.165) is 65.2 Å². The van der Waals surface area contributed by atoms with Crippen LogP contribution in [0.2, 0.25) is 0 Å². The first-order valence-electron chi connectivity index (χ1n) is 9.49. The fraction of sp³-hybridized carbons (Fsp3) is 0.944. The Balaban J connectivity index is 0.00000156. The van der Waals surface area contributed by atoms with Gasteiger partial charge in [0.2, 0.25) is 5.91 Å². The summed E-state index contributed by atoms with van der Waals surface area (Å²) < 4.78 is 5.41. The Hall–Kier alpha value is -0.0700. The molecule has 0 aromatic carbocycles. The monoisotopic (exact) mass is 395 g/mol. The molecule has 1 unspecified atom stereocenters. The zero-order valence-electron chi connectivity index (χ0n) is 15.3. The number of rotatable bonds is 5. The molecule has 3 fully saturated rings. The Labute approximate surface area is 164 Å². The number of morpholine rings is 1. The van der Waals surface area contributed by atoms with Crippen LogP contribution in [0.3, 0.4) is 0 Å². The molecule has 3 aliphatic rings. The van der Waals surface area contributed by atoms with Crippen molar-refractivity contribution in [1.82, 2.24) is 9.80 Å². The third kappa shape index (κ3) is 6.24. The Morgan fingerprint density at radius 3 is 2.40 bits per heavy atom. The molecule has 2 saturated heterocycles. The lowest BCUT2D eigenvalue weighted by molar-refractivity contribution is -0.133. The van der Waals surface area contributed by atoms with Gasteiger partial charge in [-0.1, -0.05) is 19.3 Å². The van der Waals surface area contributed by atoms with E-state index in [1.807, 2.05) is 0 Å². The Bertz CT molecular complexity index is 400. The lowest BCUT2D eigenvalue weighted by atomic mass is 9.71. The van der Waals surface area contributed by atoms with E-state index in [4.69, 9.17) is 10.5 Å². The van der Waals surface area contributed by atoms with Crippen LogP contribution in [0.4, 0.5) is 0 Å². The molecule has 148 valence electrons. The number of hydrogen-bond acceptors (Lipinski definition) is 4. The molecule has 1 aliphatic carbocycles. The van der Waals surface area contributed by atoms with Gasteiger partial charge in [0.05, 0.1) is 13.2 Å². The second-order valence-corrected chi connectivity index (χ2v) is 7.85. The number of halogens is 2. The van der Waals surface area contributed by atoms with Gasteiger partial charge < -0.3 is 15.4 Å². The van der Waals surface area contributed by atoms with Gasteiger partial charge in [-0.15, -0.1) is 24.8 Å². The molecule has 1 saturated carbocycles. The Morgan fingerprint density at radius 2 is 1.76 bits per heavy atom. The van der Waals surface area contributed by atoms with E-state index in [0.29, 0.717) is 24.8 Å².